The number of nitrogens with zero attached hydrogens (tertiary/aromatic N) is 1. The van der Waals surface area contributed by atoms with Gasteiger partial charge in [0.25, 0.3) is 0 Å². The van der Waals surface area contributed by atoms with Crippen LogP contribution in [0.1, 0.15) is 26.7 Å². The zero-order chi connectivity index (χ0) is 9.84. The summed E-state index contributed by atoms with van der Waals surface area (Å²) in [4.78, 5) is 12.6. The Labute approximate surface area is 78.9 Å². The molecule has 76 valence electrons. The molecule has 0 aromatic heterocycles. The average Bonchev–Trinajstić information content (AvgIpc) is 2.04. The molecule has 1 heterocycles. The normalized spacial score (nSPS) is 22.6. The van der Waals surface area contributed by atoms with Crippen molar-refractivity contribution in [1.29, 1.82) is 0 Å². The molecule has 1 atom stereocenters. The van der Waals surface area contributed by atoms with Crippen molar-refractivity contribution in [1.82, 2.24) is 10.2 Å². The summed E-state index contributed by atoms with van der Waals surface area (Å²) in [5, 5.41) is 11.0. The van der Waals surface area contributed by atoms with Crippen molar-refractivity contribution in [2.45, 2.75) is 32.9 Å². The first-order valence-electron chi connectivity index (χ1n) is 4.83. The molecule has 1 fully saturated rings. The Morgan fingerprint density at radius 3 is 2.54 bits per heavy atom. The van der Waals surface area contributed by atoms with E-state index in [2.05, 4.69) is 17.1 Å². The smallest absolute Gasteiger partial charge is 0.405 e. The molecular formula is C9H18N2O2. The lowest BCUT2D eigenvalue weighted by Gasteiger charge is -2.34. The Morgan fingerprint density at radius 2 is 2.08 bits per heavy atom. The molecule has 4 heteroatoms. The first-order valence-corrected chi connectivity index (χ1v) is 4.83. The van der Waals surface area contributed by atoms with Crippen molar-refractivity contribution in [3.63, 3.8) is 0 Å². The fourth-order valence-corrected chi connectivity index (χ4v) is 1.69. The zero-order valence-corrected chi connectivity index (χ0v) is 8.29. The molecule has 0 saturated carbocycles. The van der Waals surface area contributed by atoms with E-state index >= 15 is 0 Å². The van der Waals surface area contributed by atoms with Crippen molar-refractivity contribution in [2.24, 2.45) is 5.92 Å². The quantitative estimate of drug-likeness (QED) is 0.684. The van der Waals surface area contributed by atoms with E-state index in [1.165, 1.54) is 12.8 Å². The van der Waals surface area contributed by atoms with Gasteiger partial charge in [-0.1, -0.05) is 6.92 Å². The largest absolute Gasteiger partial charge is 0.465 e. The average molecular weight is 186 g/mol. The molecule has 0 spiro atoms. The Kier molecular flexibility index (Phi) is 3.54. The predicted octanol–water partition coefficient (Wildman–Crippen LogP) is 1.33. The van der Waals surface area contributed by atoms with Crippen LogP contribution in [-0.4, -0.2) is 35.4 Å². The van der Waals surface area contributed by atoms with E-state index < -0.39 is 6.09 Å². The second kappa shape index (κ2) is 4.46. The molecule has 1 amide bonds. The van der Waals surface area contributed by atoms with Crippen LogP contribution in [-0.2, 0) is 0 Å². The van der Waals surface area contributed by atoms with Crippen molar-refractivity contribution < 1.29 is 9.90 Å². The summed E-state index contributed by atoms with van der Waals surface area (Å²) < 4.78 is 0. The van der Waals surface area contributed by atoms with Crippen LogP contribution >= 0.6 is 0 Å². The van der Waals surface area contributed by atoms with Gasteiger partial charge < -0.3 is 10.4 Å². The summed E-state index contributed by atoms with van der Waals surface area (Å²) in [5.74, 6) is 0.785. The van der Waals surface area contributed by atoms with Gasteiger partial charge in [-0.3, -0.25) is 4.90 Å². The lowest BCUT2D eigenvalue weighted by Crippen LogP contribution is -2.48. The Bertz CT molecular complexity index is 176. The van der Waals surface area contributed by atoms with E-state index in [1.807, 2.05) is 6.92 Å². The number of carbonyl (C=O) groups is 1. The van der Waals surface area contributed by atoms with Gasteiger partial charge in [0.05, 0.1) is 6.17 Å². The summed E-state index contributed by atoms with van der Waals surface area (Å²) >= 11 is 0. The maximum absolute atomic E-state index is 10.4. The third-order valence-corrected chi connectivity index (χ3v) is 2.70. The topological polar surface area (TPSA) is 52.6 Å². The van der Waals surface area contributed by atoms with E-state index in [9.17, 15) is 4.79 Å². The molecule has 1 saturated heterocycles. The summed E-state index contributed by atoms with van der Waals surface area (Å²) in [6, 6.07) is 0. The standard InChI is InChI=1S/C9H18N2O2/c1-7-3-5-11(6-4-7)8(2)10-9(12)13/h7-8,10H,3-6H2,1-2H3,(H,12,13). The van der Waals surface area contributed by atoms with E-state index in [0.29, 0.717) is 0 Å². The van der Waals surface area contributed by atoms with Crippen LogP contribution in [0.2, 0.25) is 0 Å². The second-order valence-corrected chi connectivity index (χ2v) is 3.84. The highest BCUT2D eigenvalue weighted by Gasteiger charge is 2.20. The van der Waals surface area contributed by atoms with Gasteiger partial charge in [-0.05, 0) is 25.7 Å². The van der Waals surface area contributed by atoms with Gasteiger partial charge in [0.2, 0.25) is 0 Å². The number of rotatable bonds is 2. The van der Waals surface area contributed by atoms with Crippen molar-refractivity contribution in [3.8, 4) is 0 Å². The van der Waals surface area contributed by atoms with Gasteiger partial charge in [0.1, 0.15) is 0 Å². The number of hydrogen-bond acceptors (Lipinski definition) is 2. The van der Waals surface area contributed by atoms with Gasteiger partial charge in [-0.15, -0.1) is 0 Å². The van der Waals surface area contributed by atoms with Crippen LogP contribution in [0.15, 0.2) is 0 Å². The maximum Gasteiger partial charge on any atom is 0.405 e. The minimum absolute atomic E-state index is 0.0509. The molecule has 0 aromatic rings. The van der Waals surface area contributed by atoms with Gasteiger partial charge in [0.15, 0.2) is 0 Å². The highest BCUT2D eigenvalue weighted by atomic mass is 16.4. The molecule has 2 N–H and O–H groups in total. The van der Waals surface area contributed by atoms with E-state index in [1.54, 1.807) is 0 Å². The van der Waals surface area contributed by atoms with E-state index in [-0.39, 0.29) is 6.17 Å². The van der Waals surface area contributed by atoms with Gasteiger partial charge >= 0.3 is 6.09 Å². The van der Waals surface area contributed by atoms with Crippen LogP contribution in [0, 0.1) is 5.92 Å². The zero-order valence-electron chi connectivity index (χ0n) is 8.29. The number of carboxylic acid groups (broad SMARTS) is 1. The minimum Gasteiger partial charge on any atom is -0.465 e. The van der Waals surface area contributed by atoms with Crippen molar-refractivity contribution in [3.05, 3.63) is 0 Å². The van der Waals surface area contributed by atoms with Crippen LogP contribution in [0.4, 0.5) is 4.79 Å². The number of amides is 1. The van der Waals surface area contributed by atoms with Gasteiger partial charge in [-0.25, -0.2) is 4.79 Å². The fourth-order valence-electron chi connectivity index (χ4n) is 1.69. The van der Waals surface area contributed by atoms with Crippen LogP contribution in [0.5, 0.6) is 0 Å². The molecule has 0 aliphatic carbocycles. The highest BCUT2D eigenvalue weighted by Crippen LogP contribution is 2.16. The molecule has 0 aromatic carbocycles. The number of piperidine rings is 1. The van der Waals surface area contributed by atoms with Crippen molar-refractivity contribution >= 4 is 6.09 Å². The van der Waals surface area contributed by atoms with Crippen molar-refractivity contribution in [2.75, 3.05) is 13.1 Å². The first-order chi connectivity index (χ1) is 6.09. The summed E-state index contributed by atoms with van der Waals surface area (Å²) in [6.45, 7) is 6.14. The molecule has 0 bridgehead atoms. The third kappa shape index (κ3) is 3.22. The number of hydrogen-bond donors (Lipinski definition) is 2. The molecule has 1 rings (SSSR count). The van der Waals surface area contributed by atoms with E-state index in [4.69, 9.17) is 5.11 Å². The molecule has 0 radical (unpaired) electrons. The highest BCUT2D eigenvalue weighted by molar-refractivity contribution is 5.64. The van der Waals surface area contributed by atoms with Crippen LogP contribution in [0.25, 0.3) is 0 Å². The molecule has 1 unspecified atom stereocenters. The molecule has 1 aliphatic rings. The Hall–Kier alpha value is -0.770. The lowest BCUT2D eigenvalue weighted by atomic mass is 9.99. The Balaban J connectivity index is 2.31. The van der Waals surface area contributed by atoms with E-state index in [0.717, 1.165) is 19.0 Å². The third-order valence-electron chi connectivity index (χ3n) is 2.70. The first kappa shape index (κ1) is 10.3. The molecule has 13 heavy (non-hydrogen) atoms. The molecule has 4 nitrogen and oxygen atoms in total. The second-order valence-electron chi connectivity index (χ2n) is 3.84. The Morgan fingerprint density at radius 1 is 1.54 bits per heavy atom. The molecular weight excluding hydrogens is 168 g/mol. The number of nitrogens with one attached hydrogen (secondary N) is 1. The monoisotopic (exact) mass is 186 g/mol. The van der Waals surface area contributed by atoms with Gasteiger partial charge in [-0.2, -0.15) is 0 Å². The number of likely N-dealkylation sites (tertiary alicyclic amines) is 1. The van der Waals surface area contributed by atoms with Crippen LogP contribution in [0.3, 0.4) is 0 Å². The SMILES string of the molecule is CC1CCN(C(C)NC(=O)O)CC1. The molecule has 1 aliphatic heterocycles. The predicted molar refractivity (Wildman–Crippen MR) is 50.6 cm³/mol. The minimum atomic E-state index is -0.939. The van der Waals surface area contributed by atoms with Crippen LogP contribution < -0.4 is 5.32 Å². The summed E-state index contributed by atoms with van der Waals surface area (Å²) in [6.07, 6.45) is 1.35. The summed E-state index contributed by atoms with van der Waals surface area (Å²) in [7, 11) is 0. The van der Waals surface area contributed by atoms with Gasteiger partial charge in [0, 0.05) is 13.1 Å². The lowest BCUT2D eigenvalue weighted by molar-refractivity contribution is 0.117. The summed E-state index contributed by atoms with van der Waals surface area (Å²) in [5.41, 5.74) is 0. The maximum atomic E-state index is 10.4. The fraction of sp³-hybridized carbons (Fsp3) is 0.889.